The second-order valence-corrected chi connectivity index (χ2v) is 3.59. The predicted molar refractivity (Wildman–Crippen MR) is 51.0 cm³/mol. The molecule has 2 rings (SSSR count). The summed E-state index contributed by atoms with van der Waals surface area (Å²) in [7, 11) is 0. The van der Waals surface area contributed by atoms with Crippen LogP contribution in [0, 0.1) is 5.92 Å². The first-order valence-corrected chi connectivity index (χ1v) is 4.67. The highest BCUT2D eigenvalue weighted by molar-refractivity contribution is 5.25. The first-order chi connectivity index (χ1) is 5.92. The molecule has 1 saturated carbocycles. The van der Waals surface area contributed by atoms with Crippen LogP contribution >= 0.6 is 0 Å². The van der Waals surface area contributed by atoms with E-state index in [1.165, 1.54) is 18.4 Å². The van der Waals surface area contributed by atoms with E-state index in [1.807, 2.05) is 0 Å². The molecule has 0 radical (unpaired) electrons. The van der Waals surface area contributed by atoms with Crippen molar-refractivity contribution >= 4 is 0 Å². The van der Waals surface area contributed by atoms with Crippen molar-refractivity contribution in [3.8, 4) is 0 Å². The fourth-order valence-corrected chi connectivity index (χ4v) is 1.89. The molecule has 0 aliphatic heterocycles. The first-order valence-electron chi connectivity index (χ1n) is 4.67. The number of nitrogens with two attached hydrogens (primary N) is 1. The van der Waals surface area contributed by atoms with E-state index in [9.17, 15) is 0 Å². The third-order valence-corrected chi connectivity index (χ3v) is 2.69. The Morgan fingerprint density at radius 3 is 2.67 bits per heavy atom. The van der Waals surface area contributed by atoms with Crippen LogP contribution in [-0.2, 0) is 0 Å². The smallest absolute Gasteiger partial charge is 0.00744 e. The van der Waals surface area contributed by atoms with Crippen molar-refractivity contribution in [2.75, 3.05) is 6.54 Å². The van der Waals surface area contributed by atoms with Crippen LogP contribution in [0.1, 0.15) is 24.3 Å². The van der Waals surface area contributed by atoms with Crippen LogP contribution in [0.4, 0.5) is 0 Å². The van der Waals surface area contributed by atoms with Crippen molar-refractivity contribution in [1.82, 2.24) is 0 Å². The van der Waals surface area contributed by atoms with Gasteiger partial charge in [-0.05, 0) is 36.8 Å². The molecule has 2 atom stereocenters. The van der Waals surface area contributed by atoms with Gasteiger partial charge in [0.1, 0.15) is 0 Å². The minimum absolute atomic E-state index is 0.815. The third-order valence-electron chi connectivity index (χ3n) is 2.69. The largest absolute Gasteiger partial charge is 0.330 e. The van der Waals surface area contributed by atoms with E-state index < -0.39 is 0 Å². The molecular formula is C11H15N. The number of hydrogen-bond donors (Lipinski definition) is 1. The lowest BCUT2D eigenvalue weighted by Gasteiger charge is -1.97. The summed E-state index contributed by atoms with van der Waals surface area (Å²) in [6, 6.07) is 10.8. The molecule has 0 amide bonds. The Bertz CT molecular complexity index is 242. The molecule has 0 spiro atoms. The Labute approximate surface area is 73.6 Å². The van der Waals surface area contributed by atoms with E-state index >= 15 is 0 Å². The fourth-order valence-electron chi connectivity index (χ4n) is 1.89. The third kappa shape index (κ3) is 1.51. The maximum absolute atomic E-state index is 5.51. The van der Waals surface area contributed by atoms with E-state index in [4.69, 9.17) is 5.73 Å². The lowest BCUT2D eigenvalue weighted by molar-refractivity contribution is 0.715. The zero-order valence-electron chi connectivity index (χ0n) is 7.24. The highest BCUT2D eigenvalue weighted by Gasteiger charge is 2.36. The van der Waals surface area contributed by atoms with Gasteiger partial charge in [0.05, 0.1) is 0 Å². The van der Waals surface area contributed by atoms with Crippen LogP contribution in [0.3, 0.4) is 0 Å². The predicted octanol–water partition coefficient (Wildman–Crippen LogP) is 2.14. The van der Waals surface area contributed by atoms with Crippen LogP contribution in [-0.4, -0.2) is 6.54 Å². The highest BCUT2D eigenvalue weighted by atomic mass is 14.5. The second-order valence-electron chi connectivity index (χ2n) is 3.59. The molecule has 2 N–H and O–H groups in total. The number of benzene rings is 1. The van der Waals surface area contributed by atoms with Crippen LogP contribution in [0.5, 0.6) is 0 Å². The molecule has 1 aliphatic carbocycles. The van der Waals surface area contributed by atoms with Crippen LogP contribution in [0.15, 0.2) is 30.3 Å². The number of hydrogen-bond acceptors (Lipinski definition) is 1. The Morgan fingerprint density at radius 1 is 1.25 bits per heavy atom. The molecule has 0 heterocycles. The fraction of sp³-hybridized carbons (Fsp3) is 0.455. The molecule has 64 valence electrons. The molecule has 1 aromatic carbocycles. The Morgan fingerprint density at radius 2 is 2.00 bits per heavy atom. The van der Waals surface area contributed by atoms with Gasteiger partial charge in [-0.25, -0.2) is 0 Å². The normalized spacial score (nSPS) is 27.1. The van der Waals surface area contributed by atoms with Crippen molar-refractivity contribution < 1.29 is 0 Å². The number of rotatable bonds is 3. The Hall–Kier alpha value is -0.820. The maximum atomic E-state index is 5.51. The van der Waals surface area contributed by atoms with Crippen molar-refractivity contribution in [1.29, 1.82) is 0 Å². The molecule has 1 aromatic rings. The van der Waals surface area contributed by atoms with E-state index in [1.54, 1.807) is 0 Å². The summed E-state index contributed by atoms with van der Waals surface area (Å²) in [5.74, 6) is 1.69. The lowest BCUT2D eigenvalue weighted by Crippen LogP contribution is -1.99. The summed E-state index contributed by atoms with van der Waals surface area (Å²) in [6.07, 6.45) is 2.54. The lowest BCUT2D eigenvalue weighted by atomic mass is 10.1. The van der Waals surface area contributed by atoms with Gasteiger partial charge in [0, 0.05) is 0 Å². The van der Waals surface area contributed by atoms with Crippen molar-refractivity contribution in [3.05, 3.63) is 35.9 Å². The zero-order chi connectivity index (χ0) is 8.39. The van der Waals surface area contributed by atoms with Gasteiger partial charge in [0.15, 0.2) is 0 Å². The maximum Gasteiger partial charge on any atom is -0.00744 e. The molecule has 0 aromatic heterocycles. The average Bonchev–Trinajstić information content (AvgIpc) is 2.87. The topological polar surface area (TPSA) is 26.0 Å². The van der Waals surface area contributed by atoms with Gasteiger partial charge in [-0.2, -0.15) is 0 Å². The molecule has 0 bridgehead atoms. The highest BCUT2D eigenvalue weighted by Crippen LogP contribution is 2.48. The van der Waals surface area contributed by atoms with Crippen LogP contribution in [0.2, 0.25) is 0 Å². The Kier molecular flexibility index (Phi) is 2.13. The summed E-state index contributed by atoms with van der Waals surface area (Å²) < 4.78 is 0. The molecule has 1 nitrogen and oxygen atoms in total. The summed E-state index contributed by atoms with van der Waals surface area (Å²) in [4.78, 5) is 0. The van der Waals surface area contributed by atoms with Crippen molar-refractivity contribution in [2.24, 2.45) is 11.7 Å². The van der Waals surface area contributed by atoms with Gasteiger partial charge >= 0.3 is 0 Å². The Balaban J connectivity index is 1.97. The molecule has 0 saturated heterocycles. The van der Waals surface area contributed by atoms with E-state index in [2.05, 4.69) is 30.3 Å². The van der Waals surface area contributed by atoms with Gasteiger partial charge in [-0.3, -0.25) is 0 Å². The molecular weight excluding hydrogens is 146 g/mol. The molecule has 1 aliphatic rings. The summed E-state index contributed by atoms with van der Waals surface area (Å²) in [5.41, 5.74) is 7.01. The van der Waals surface area contributed by atoms with Gasteiger partial charge in [-0.1, -0.05) is 30.3 Å². The zero-order valence-corrected chi connectivity index (χ0v) is 7.24. The van der Waals surface area contributed by atoms with Gasteiger partial charge in [0.2, 0.25) is 0 Å². The SMILES string of the molecule is NCC[C@H]1C[C@@H]1c1ccccc1. The van der Waals surface area contributed by atoms with Gasteiger partial charge in [0.25, 0.3) is 0 Å². The molecule has 1 fully saturated rings. The minimum Gasteiger partial charge on any atom is -0.330 e. The standard InChI is InChI=1S/C11H15N/c12-7-6-10-8-11(10)9-4-2-1-3-5-9/h1-5,10-11H,6-8,12H2/t10-,11+/m0/s1. The van der Waals surface area contributed by atoms with E-state index in [0.717, 1.165) is 18.4 Å². The summed E-state index contributed by atoms with van der Waals surface area (Å²) in [6.45, 7) is 0.841. The molecule has 0 unspecified atom stereocenters. The van der Waals surface area contributed by atoms with Gasteiger partial charge in [-0.15, -0.1) is 0 Å². The quantitative estimate of drug-likeness (QED) is 0.722. The molecule has 12 heavy (non-hydrogen) atoms. The average molecular weight is 161 g/mol. The van der Waals surface area contributed by atoms with Crippen LogP contribution < -0.4 is 5.73 Å². The first kappa shape index (κ1) is 7.81. The monoisotopic (exact) mass is 161 g/mol. The van der Waals surface area contributed by atoms with E-state index in [0.29, 0.717) is 0 Å². The minimum atomic E-state index is 0.815. The molecule has 1 heteroatoms. The second kappa shape index (κ2) is 3.28. The van der Waals surface area contributed by atoms with E-state index in [-0.39, 0.29) is 0 Å². The van der Waals surface area contributed by atoms with Crippen molar-refractivity contribution in [3.63, 3.8) is 0 Å². The summed E-state index contributed by atoms with van der Waals surface area (Å²) >= 11 is 0. The summed E-state index contributed by atoms with van der Waals surface area (Å²) in [5, 5.41) is 0. The van der Waals surface area contributed by atoms with Crippen molar-refractivity contribution in [2.45, 2.75) is 18.8 Å². The van der Waals surface area contributed by atoms with Crippen LogP contribution in [0.25, 0.3) is 0 Å². The van der Waals surface area contributed by atoms with Gasteiger partial charge < -0.3 is 5.73 Å².